The summed E-state index contributed by atoms with van der Waals surface area (Å²) in [5, 5.41) is 0. The number of esters is 1. The zero-order valence-electron chi connectivity index (χ0n) is 10.4. The molecule has 0 aromatic rings. The van der Waals surface area contributed by atoms with Crippen LogP contribution >= 0.6 is 0 Å². The molecule has 0 radical (unpaired) electrons. The lowest BCUT2D eigenvalue weighted by Gasteiger charge is -2.24. The van der Waals surface area contributed by atoms with E-state index in [1.165, 1.54) is 7.11 Å². The van der Waals surface area contributed by atoms with E-state index in [9.17, 15) is 9.59 Å². The lowest BCUT2D eigenvalue weighted by molar-refractivity contribution is -0.142. The molecule has 1 amide bonds. The summed E-state index contributed by atoms with van der Waals surface area (Å²) in [7, 11) is 1.37. The largest absolute Gasteiger partial charge is 0.469 e. The molecule has 0 saturated heterocycles. The first-order valence-electron chi connectivity index (χ1n) is 5.90. The van der Waals surface area contributed by atoms with E-state index in [4.69, 9.17) is 0 Å². The third kappa shape index (κ3) is 4.21. The van der Waals surface area contributed by atoms with E-state index in [2.05, 4.69) is 18.6 Å². The van der Waals surface area contributed by atoms with Crippen molar-refractivity contribution in [2.45, 2.75) is 33.1 Å². The van der Waals surface area contributed by atoms with Gasteiger partial charge in [0.05, 0.1) is 13.5 Å². The van der Waals surface area contributed by atoms with Crippen molar-refractivity contribution in [1.29, 1.82) is 0 Å². The van der Waals surface area contributed by atoms with Crippen LogP contribution in [-0.4, -0.2) is 37.0 Å². The molecule has 1 fully saturated rings. The number of carbonyl (C=O) groups is 2. The van der Waals surface area contributed by atoms with Gasteiger partial charge in [0, 0.05) is 19.0 Å². The molecule has 1 aliphatic rings. The summed E-state index contributed by atoms with van der Waals surface area (Å²) in [6.07, 6.45) is 2.30. The fourth-order valence-corrected chi connectivity index (χ4v) is 1.65. The lowest BCUT2D eigenvalue weighted by atomic mass is 10.2. The summed E-state index contributed by atoms with van der Waals surface area (Å²) < 4.78 is 4.58. The summed E-state index contributed by atoms with van der Waals surface area (Å²) in [6, 6.07) is 0. The number of ether oxygens (including phenoxy) is 1. The third-order valence-corrected chi connectivity index (χ3v) is 2.64. The molecule has 1 rings (SSSR count). The molecule has 1 saturated carbocycles. The Labute approximate surface area is 96.9 Å². The summed E-state index contributed by atoms with van der Waals surface area (Å²) in [6.45, 7) is 5.36. The minimum Gasteiger partial charge on any atom is -0.469 e. The third-order valence-electron chi connectivity index (χ3n) is 2.64. The smallest absolute Gasteiger partial charge is 0.307 e. The average Bonchev–Trinajstić information content (AvgIpc) is 3.05. The van der Waals surface area contributed by atoms with E-state index in [-0.39, 0.29) is 17.8 Å². The Hall–Kier alpha value is -1.06. The highest BCUT2D eigenvalue weighted by molar-refractivity contribution is 5.81. The summed E-state index contributed by atoms with van der Waals surface area (Å²) in [5.41, 5.74) is 0. The number of amides is 1. The van der Waals surface area contributed by atoms with Gasteiger partial charge in [-0.3, -0.25) is 9.59 Å². The van der Waals surface area contributed by atoms with Crippen molar-refractivity contribution in [3.05, 3.63) is 0 Å². The summed E-state index contributed by atoms with van der Waals surface area (Å²) in [5.74, 6) is 0.603. The van der Waals surface area contributed by atoms with Crippen molar-refractivity contribution in [1.82, 2.24) is 4.90 Å². The van der Waals surface area contributed by atoms with Gasteiger partial charge in [0.1, 0.15) is 0 Å². The second-order valence-corrected chi connectivity index (χ2v) is 4.78. The van der Waals surface area contributed by atoms with Crippen molar-refractivity contribution in [3.63, 3.8) is 0 Å². The molecule has 0 unspecified atom stereocenters. The van der Waals surface area contributed by atoms with Crippen LogP contribution in [0.15, 0.2) is 0 Å². The number of hydrogen-bond donors (Lipinski definition) is 0. The monoisotopic (exact) mass is 227 g/mol. The van der Waals surface area contributed by atoms with Crippen LogP contribution in [0.2, 0.25) is 0 Å². The minimum atomic E-state index is -0.252. The number of methoxy groups -OCH3 is 1. The van der Waals surface area contributed by atoms with E-state index >= 15 is 0 Å². The first-order chi connectivity index (χ1) is 7.54. The molecular formula is C12H21NO3. The van der Waals surface area contributed by atoms with Crippen LogP contribution in [0.5, 0.6) is 0 Å². The van der Waals surface area contributed by atoms with Gasteiger partial charge in [-0.15, -0.1) is 0 Å². The molecule has 0 aromatic carbocycles. The summed E-state index contributed by atoms with van der Waals surface area (Å²) in [4.78, 5) is 24.8. The van der Waals surface area contributed by atoms with E-state index in [1.807, 2.05) is 0 Å². The molecule has 4 nitrogen and oxygen atoms in total. The van der Waals surface area contributed by atoms with E-state index < -0.39 is 0 Å². The van der Waals surface area contributed by atoms with Gasteiger partial charge >= 0.3 is 5.97 Å². The number of carbonyl (C=O) groups excluding carboxylic acids is 2. The molecular weight excluding hydrogens is 206 g/mol. The molecule has 4 heteroatoms. The van der Waals surface area contributed by atoms with E-state index in [0.29, 0.717) is 18.9 Å². The maximum Gasteiger partial charge on any atom is 0.307 e. The fourth-order valence-electron chi connectivity index (χ4n) is 1.65. The summed E-state index contributed by atoms with van der Waals surface area (Å²) >= 11 is 0. The van der Waals surface area contributed by atoms with Gasteiger partial charge in [-0.05, 0) is 18.8 Å². The Balaban J connectivity index is 2.42. The highest BCUT2D eigenvalue weighted by Crippen LogP contribution is 2.31. The van der Waals surface area contributed by atoms with Crippen LogP contribution in [0.25, 0.3) is 0 Å². The maximum absolute atomic E-state index is 11.9. The van der Waals surface area contributed by atoms with E-state index in [1.54, 1.807) is 4.90 Å². The molecule has 0 atom stereocenters. The first-order valence-corrected chi connectivity index (χ1v) is 5.90. The lowest BCUT2D eigenvalue weighted by Crippen LogP contribution is -2.37. The van der Waals surface area contributed by atoms with Crippen molar-refractivity contribution in [3.8, 4) is 0 Å². The zero-order valence-corrected chi connectivity index (χ0v) is 10.4. The van der Waals surface area contributed by atoms with Crippen LogP contribution in [0.3, 0.4) is 0 Å². The predicted molar refractivity (Wildman–Crippen MR) is 60.8 cm³/mol. The molecule has 0 heterocycles. The quantitative estimate of drug-likeness (QED) is 0.645. The Morgan fingerprint density at radius 3 is 2.44 bits per heavy atom. The second-order valence-electron chi connectivity index (χ2n) is 4.78. The van der Waals surface area contributed by atoms with Gasteiger partial charge < -0.3 is 9.64 Å². The van der Waals surface area contributed by atoms with E-state index in [0.717, 1.165) is 19.4 Å². The molecule has 0 aliphatic heterocycles. The van der Waals surface area contributed by atoms with Crippen LogP contribution in [0, 0.1) is 11.8 Å². The van der Waals surface area contributed by atoms with Gasteiger partial charge in [-0.2, -0.15) is 0 Å². The topological polar surface area (TPSA) is 46.6 Å². The van der Waals surface area contributed by atoms with Crippen molar-refractivity contribution >= 4 is 11.9 Å². The molecule has 92 valence electrons. The van der Waals surface area contributed by atoms with Crippen LogP contribution in [-0.2, 0) is 14.3 Å². The van der Waals surface area contributed by atoms with Gasteiger partial charge in [0.2, 0.25) is 5.91 Å². The SMILES string of the molecule is COC(=O)CCN(CC(C)C)C(=O)C1CC1. The Morgan fingerprint density at radius 2 is 2.00 bits per heavy atom. The minimum absolute atomic E-state index is 0.206. The molecule has 0 spiro atoms. The highest BCUT2D eigenvalue weighted by Gasteiger charge is 2.33. The Morgan fingerprint density at radius 1 is 1.38 bits per heavy atom. The standard InChI is InChI=1S/C12H21NO3/c1-9(2)8-13(7-6-11(14)16-3)12(15)10-4-5-10/h9-10H,4-8H2,1-3H3. The van der Waals surface area contributed by atoms with Gasteiger partial charge in [-0.25, -0.2) is 0 Å². The molecule has 0 bridgehead atoms. The Kier molecular flexibility index (Phi) is 4.77. The number of rotatable bonds is 6. The normalized spacial score (nSPS) is 15.0. The highest BCUT2D eigenvalue weighted by atomic mass is 16.5. The predicted octanol–water partition coefficient (Wildman–Crippen LogP) is 1.44. The molecule has 0 N–H and O–H groups in total. The molecule has 0 aromatic heterocycles. The number of nitrogens with zero attached hydrogens (tertiary/aromatic N) is 1. The maximum atomic E-state index is 11.9. The van der Waals surface area contributed by atoms with Gasteiger partial charge in [0.25, 0.3) is 0 Å². The fraction of sp³-hybridized carbons (Fsp3) is 0.833. The zero-order chi connectivity index (χ0) is 12.1. The first kappa shape index (κ1) is 13.0. The second kappa shape index (κ2) is 5.87. The number of hydrogen-bond acceptors (Lipinski definition) is 3. The molecule has 16 heavy (non-hydrogen) atoms. The van der Waals surface area contributed by atoms with Gasteiger partial charge in [0.15, 0.2) is 0 Å². The Bertz CT molecular complexity index is 259. The van der Waals surface area contributed by atoms with Crippen LogP contribution in [0.4, 0.5) is 0 Å². The van der Waals surface area contributed by atoms with Crippen molar-refractivity contribution in [2.75, 3.05) is 20.2 Å². The van der Waals surface area contributed by atoms with Crippen LogP contribution < -0.4 is 0 Å². The average molecular weight is 227 g/mol. The van der Waals surface area contributed by atoms with Gasteiger partial charge in [-0.1, -0.05) is 13.8 Å². The van der Waals surface area contributed by atoms with Crippen LogP contribution in [0.1, 0.15) is 33.1 Å². The molecule has 1 aliphatic carbocycles. The van der Waals surface area contributed by atoms with Crippen molar-refractivity contribution in [2.24, 2.45) is 11.8 Å². The van der Waals surface area contributed by atoms with Crippen molar-refractivity contribution < 1.29 is 14.3 Å².